The number of amides is 2. The van der Waals surface area contributed by atoms with E-state index >= 15 is 0 Å². The summed E-state index contributed by atoms with van der Waals surface area (Å²) in [5.74, 6) is -0.558. The molecule has 2 aromatic rings. The van der Waals surface area contributed by atoms with Crippen LogP contribution in [0.1, 0.15) is 17.5 Å². The monoisotopic (exact) mass is 333 g/mol. The second-order valence-electron chi connectivity index (χ2n) is 6.26. The molecule has 0 aromatic heterocycles. The van der Waals surface area contributed by atoms with Gasteiger partial charge in [0.2, 0.25) is 11.8 Å². The van der Waals surface area contributed by atoms with E-state index in [1.165, 1.54) is 0 Å². The highest BCUT2D eigenvalue weighted by Crippen LogP contribution is 2.26. The van der Waals surface area contributed by atoms with E-state index < -0.39 is 0 Å². The van der Waals surface area contributed by atoms with Crippen molar-refractivity contribution in [2.24, 2.45) is 5.92 Å². The first-order valence-electron chi connectivity index (χ1n) is 8.20. The van der Waals surface area contributed by atoms with Gasteiger partial charge in [-0.05, 0) is 36.8 Å². The molecule has 2 aromatic carbocycles. The normalized spacial score (nSPS) is 16.6. The average molecular weight is 333 g/mol. The van der Waals surface area contributed by atoms with Gasteiger partial charge in [0.15, 0.2) is 0 Å². The lowest BCUT2D eigenvalue weighted by atomic mass is 10.1. The first kappa shape index (κ1) is 16.7. The van der Waals surface area contributed by atoms with Crippen molar-refractivity contribution in [3.8, 4) is 6.07 Å². The van der Waals surface area contributed by atoms with Gasteiger partial charge in [-0.3, -0.25) is 9.59 Å². The molecule has 3 rings (SSSR count). The van der Waals surface area contributed by atoms with E-state index in [0.717, 1.165) is 16.8 Å². The highest BCUT2D eigenvalue weighted by molar-refractivity contribution is 6.03. The lowest BCUT2D eigenvalue weighted by molar-refractivity contribution is -0.122. The Morgan fingerprint density at radius 3 is 2.52 bits per heavy atom. The van der Waals surface area contributed by atoms with E-state index in [9.17, 15) is 9.59 Å². The number of carbonyl (C=O) groups excluding carboxylic acids is 2. The van der Waals surface area contributed by atoms with Gasteiger partial charge in [-0.1, -0.05) is 29.8 Å². The van der Waals surface area contributed by atoms with Gasteiger partial charge in [0.1, 0.15) is 0 Å². The average Bonchev–Trinajstić information content (AvgIpc) is 3.00. The lowest BCUT2D eigenvalue weighted by Crippen LogP contribution is -2.28. The van der Waals surface area contributed by atoms with Gasteiger partial charge < -0.3 is 10.2 Å². The summed E-state index contributed by atoms with van der Waals surface area (Å²) in [6.45, 7) is 2.38. The summed E-state index contributed by atoms with van der Waals surface area (Å²) in [7, 11) is 0. The van der Waals surface area contributed by atoms with Crippen molar-refractivity contribution in [2.45, 2.75) is 19.8 Å². The summed E-state index contributed by atoms with van der Waals surface area (Å²) in [6, 6.07) is 17.0. The summed E-state index contributed by atoms with van der Waals surface area (Å²) < 4.78 is 0. The topological polar surface area (TPSA) is 73.2 Å². The molecule has 5 heteroatoms. The van der Waals surface area contributed by atoms with Crippen molar-refractivity contribution in [3.63, 3.8) is 0 Å². The Morgan fingerprint density at radius 1 is 1.20 bits per heavy atom. The van der Waals surface area contributed by atoms with Gasteiger partial charge in [-0.2, -0.15) is 5.26 Å². The molecule has 0 unspecified atom stereocenters. The molecule has 25 heavy (non-hydrogen) atoms. The predicted octanol–water partition coefficient (Wildman–Crippen LogP) is 3.05. The molecule has 0 saturated carbocycles. The van der Waals surface area contributed by atoms with Crippen LogP contribution in [0.2, 0.25) is 0 Å². The molecule has 0 aliphatic carbocycles. The minimum atomic E-state index is -0.368. The number of hydrogen-bond acceptors (Lipinski definition) is 3. The standard InChI is InChI=1S/C20H19N3O2/c1-14-2-8-18(9-3-14)23-13-16(12-19(23)24)20(25)22-17-6-4-15(5-7-17)10-11-21/h2-9,16H,10,12-13H2,1H3,(H,22,25)/t16-/m1/s1. The fourth-order valence-corrected chi connectivity index (χ4v) is 2.90. The third-order valence-electron chi connectivity index (χ3n) is 4.35. The summed E-state index contributed by atoms with van der Waals surface area (Å²) in [4.78, 5) is 26.4. The van der Waals surface area contributed by atoms with Crippen molar-refractivity contribution < 1.29 is 9.59 Å². The predicted molar refractivity (Wildman–Crippen MR) is 96.0 cm³/mol. The zero-order valence-electron chi connectivity index (χ0n) is 14.0. The Balaban J connectivity index is 1.64. The molecule has 0 bridgehead atoms. The first-order valence-corrected chi connectivity index (χ1v) is 8.20. The van der Waals surface area contributed by atoms with Crippen LogP contribution in [-0.4, -0.2) is 18.4 Å². The fraction of sp³-hybridized carbons (Fsp3) is 0.250. The number of anilines is 2. The molecule has 5 nitrogen and oxygen atoms in total. The van der Waals surface area contributed by atoms with E-state index in [2.05, 4.69) is 11.4 Å². The number of rotatable bonds is 4. The van der Waals surface area contributed by atoms with E-state index in [-0.39, 0.29) is 24.2 Å². The number of aryl methyl sites for hydroxylation is 1. The van der Waals surface area contributed by atoms with Gasteiger partial charge in [0, 0.05) is 24.3 Å². The largest absolute Gasteiger partial charge is 0.326 e. The van der Waals surface area contributed by atoms with E-state index in [1.807, 2.05) is 43.3 Å². The number of nitriles is 1. The van der Waals surface area contributed by atoms with Crippen molar-refractivity contribution in [1.29, 1.82) is 5.26 Å². The highest BCUT2D eigenvalue weighted by atomic mass is 16.2. The molecule has 1 heterocycles. The number of carbonyl (C=O) groups is 2. The molecular weight excluding hydrogens is 314 g/mol. The Labute approximate surface area is 146 Å². The Hall–Kier alpha value is -3.13. The van der Waals surface area contributed by atoms with Gasteiger partial charge >= 0.3 is 0 Å². The lowest BCUT2D eigenvalue weighted by Gasteiger charge is -2.17. The summed E-state index contributed by atoms with van der Waals surface area (Å²) in [6.07, 6.45) is 0.559. The van der Waals surface area contributed by atoms with Crippen LogP contribution in [0.15, 0.2) is 48.5 Å². The zero-order valence-corrected chi connectivity index (χ0v) is 14.0. The summed E-state index contributed by atoms with van der Waals surface area (Å²) in [5.41, 5.74) is 3.53. The molecule has 1 aliphatic heterocycles. The SMILES string of the molecule is Cc1ccc(N2C[C@H](C(=O)Nc3ccc(CC#N)cc3)CC2=O)cc1. The van der Waals surface area contributed by atoms with Crippen LogP contribution in [0, 0.1) is 24.2 Å². The van der Waals surface area contributed by atoms with Gasteiger partial charge in [0.25, 0.3) is 0 Å². The van der Waals surface area contributed by atoms with Crippen LogP contribution < -0.4 is 10.2 Å². The molecule has 126 valence electrons. The molecule has 1 aliphatic rings. The first-order chi connectivity index (χ1) is 12.1. The fourth-order valence-electron chi connectivity index (χ4n) is 2.90. The second kappa shape index (κ2) is 7.18. The maximum absolute atomic E-state index is 12.5. The van der Waals surface area contributed by atoms with Crippen molar-refractivity contribution >= 4 is 23.2 Å². The van der Waals surface area contributed by atoms with Crippen LogP contribution in [0.25, 0.3) is 0 Å². The minimum Gasteiger partial charge on any atom is -0.326 e. The molecule has 1 N–H and O–H groups in total. The maximum Gasteiger partial charge on any atom is 0.229 e. The van der Waals surface area contributed by atoms with Crippen molar-refractivity contribution in [3.05, 3.63) is 59.7 Å². The van der Waals surface area contributed by atoms with Crippen LogP contribution in [0.4, 0.5) is 11.4 Å². The number of benzene rings is 2. The number of nitrogens with one attached hydrogen (secondary N) is 1. The van der Waals surface area contributed by atoms with Crippen LogP contribution in [0.3, 0.4) is 0 Å². The summed E-state index contributed by atoms with van der Waals surface area (Å²) in [5, 5.41) is 11.5. The molecule has 2 amide bonds. The molecule has 1 fully saturated rings. The smallest absolute Gasteiger partial charge is 0.229 e. The van der Waals surface area contributed by atoms with Gasteiger partial charge in [-0.15, -0.1) is 0 Å². The van der Waals surface area contributed by atoms with Crippen LogP contribution >= 0.6 is 0 Å². The van der Waals surface area contributed by atoms with E-state index in [0.29, 0.717) is 18.7 Å². The molecule has 1 saturated heterocycles. The zero-order chi connectivity index (χ0) is 17.8. The molecule has 0 spiro atoms. The second-order valence-corrected chi connectivity index (χ2v) is 6.26. The summed E-state index contributed by atoms with van der Waals surface area (Å²) >= 11 is 0. The third kappa shape index (κ3) is 3.86. The quantitative estimate of drug-likeness (QED) is 0.934. The Kier molecular flexibility index (Phi) is 4.80. The highest BCUT2D eigenvalue weighted by Gasteiger charge is 2.35. The van der Waals surface area contributed by atoms with E-state index in [1.54, 1.807) is 17.0 Å². The maximum atomic E-state index is 12.5. The molecule has 0 radical (unpaired) electrons. The van der Waals surface area contributed by atoms with Crippen molar-refractivity contribution in [2.75, 3.05) is 16.8 Å². The number of hydrogen-bond donors (Lipinski definition) is 1. The molecular formula is C20H19N3O2. The van der Waals surface area contributed by atoms with E-state index in [4.69, 9.17) is 5.26 Å². The number of nitrogens with zero attached hydrogens (tertiary/aromatic N) is 2. The Bertz CT molecular complexity index is 820. The molecule has 1 atom stereocenters. The van der Waals surface area contributed by atoms with Crippen LogP contribution in [0.5, 0.6) is 0 Å². The van der Waals surface area contributed by atoms with Gasteiger partial charge in [0.05, 0.1) is 18.4 Å². The van der Waals surface area contributed by atoms with Crippen molar-refractivity contribution in [1.82, 2.24) is 0 Å². The third-order valence-corrected chi connectivity index (χ3v) is 4.35. The van der Waals surface area contributed by atoms with Crippen LogP contribution in [-0.2, 0) is 16.0 Å². The Morgan fingerprint density at radius 2 is 1.88 bits per heavy atom. The van der Waals surface area contributed by atoms with Gasteiger partial charge in [-0.25, -0.2) is 0 Å². The minimum absolute atomic E-state index is 0.0339.